The van der Waals surface area contributed by atoms with E-state index in [9.17, 15) is 4.79 Å². The lowest BCUT2D eigenvalue weighted by Crippen LogP contribution is -2.32. The Kier molecular flexibility index (Phi) is 6.39. The Morgan fingerprint density at radius 1 is 1.29 bits per heavy atom. The molecule has 5 nitrogen and oxygen atoms in total. The third-order valence-corrected chi connectivity index (χ3v) is 2.80. The van der Waals surface area contributed by atoms with Gasteiger partial charge in [0.05, 0.1) is 6.10 Å². The van der Waals surface area contributed by atoms with Crippen molar-refractivity contribution in [3.63, 3.8) is 0 Å². The van der Waals surface area contributed by atoms with Crippen LogP contribution in [-0.2, 0) is 11.2 Å². The van der Waals surface area contributed by atoms with Gasteiger partial charge in [-0.2, -0.15) is 0 Å². The van der Waals surface area contributed by atoms with E-state index < -0.39 is 18.1 Å². The van der Waals surface area contributed by atoms with Crippen LogP contribution >= 0.6 is 0 Å². The average Bonchev–Trinajstić information content (AvgIpc) is 2.45. The first-order valence-corrected chi connectivity index (χ1v) is 6.38. The molecular weight excluding hydrogens is 270 g/mol. The van der Waals surface area contributed by atoms with Gasteiger partial charge in [-0.05, 0) is 29.7 Å². The van der Waals surface area contributed by atoms with E-state index in [-0.39, 0.29) is 12.2 Å². The molecular formula is C16H19NO4. The molecule has 0 saturated heterocycles. The normalized spacial score (nSPS) is 17.8. The predicted octanol–water partition coefficient (Wildman–Crippen LogP) is 1.38. The number of hydrogen-bond acceptors (Lipinski definition) is 4. The van der Waals surface area contributed by atoms with Crippen LogP contribution in [0.2, 0.25) is 0 Å². The summed E-state index contributed by atoms with van der Waals surface area (Å²) in [5.74, 6) is -0.860. The summed E-state index contributed by atoms with van der Waals surface area (Å²) in [6.45, 7) is 3.61. The third-order valence-electron chi connectivity index (χ3n) is 2.80. The molecule has 0 spiro atoms. The lowest BCUT2D eigenvalue weighted by atomic mass is 10.1. The molecule has 2 rings (SSSR count). The first-order valence-electron chi connectivity index (χ1n) is 6.38. The van der Waals surface area contributed by atoms with Crippen LogP contribution in [0.4, 0.5) is 0 Å². The maximum atomic E-state index is 10.4. The summed E-state index contributed by atoms with van der Waals surface area (Å²) in [6.07, 6.45) is 6.97. The molecule has 112 valence electrons. The number of hydrogen-bond donors (Lipinski definition) is 4. The number of benzene rings is 1. The zero-order valence-corrected chi connectivity index (χ0v) is 11.5. The van der Waals surface area contributed by atoms with Crippen molar-refractivity contribution >= 4 is 5.97 Å². The fourth-order valence-electron chi connectivity index (χ4n) is 1.54. The summed E-state index contributed by atoms with van der Waals surface area (Å²) in [4.78, 5) is 10.4. The van der Waals surface area contributed by atoms with E-state index in [1.807, 2.05) is 6.08 Å². The molecule has 1 aromatic carbocycles. The summed E-state index contributed by atoms with van der Waals surface area (Å²) in [5, 5.41) is 26.4. The van der Waals surface area contributed by atoms with Crippen LogP contribution < -0.4 is 5.73 Å². The molecule has 5 N–H and O–H groups in total. The number of carboxylic acid groups (broad SMARTS) is 1. The van der Waals surface area contributed by atoms with Gasteiger partial charge in [0.15, 0.2) is 0 Å². The lowest BCUT2D eigenvalue weighted by Gasteiger charge is -2.06. The first-order chi connectivity index (χ1) is 9.90. The van der Waals surface area contributed by atoms with Crippen molar-refractivity contribution in [3.8, 4) is 5.75 Å². The average molecular weight is 289 g/mol. The molecule has 0 bridgehead atoms. The number of phenols is 1. The van der Waals surface area contributed by atoms with Crippen molar-refractivity contribution in [2.75, 3.05) is 0 Å². The monoisotopic (exact) mass is 289 g/mol. The van der Waals surface area contributed by atoms with Crippen LogP contribution in [-0.4, -0.2) is 33.4 Å². The second-order valence-corrected chi connectivity index (χ2v) is 4.58. The molecule has 0 fully saturated rings. The second kappa shape index (κ2) is 8.04. The van der Waals surface area contributed by atoms with E-state index in [0.717, 1.165) is 11.1 Å². The van der Waals surface area contributed by atoms with Gasteiger partial charge in [0.25, 0.3) is 0 Å². The number of aliphatic hydroxyl groups excluding tert-OH is 1. The van der Waals surface area contributed by atoms with E-state index in [0.29, 0.717) is 0 Å². The lowest BCUT2D eigenvalue weighted by molar-refractivity contribution is -0.138. The minimum absolute atomic E-state index is 0.160. The van der Waals surface area contributed by atoms with Gasteiger partial charge in [-0.25, -0.2) is 0 Å². The Morgan fingerprint density at radius 2 is 1.90 bits per heavy atom. The fraction of sp³-hybridized carbons (Fsp3) is 0.188. The number of aromatic hydroxyl groups is 1. The highest BCUT2D eigenvalue weighted by Gasteiger charge is 2.11. The van der Waals surface area contributed by atoms with Crippen molar-refractivity contribution in [1.29, 1.82) is 0 Å². The number of aliphatic carboxylic acids is 1. The van der Waals surface area contributed by atoms with Crippen molar-refractivity contribution in [2.45, 2.75) is 18.6 Å². The van der Waals surface area contributed by atoms with Gasteiger partial charge >= 0.3 is 5.97 Å². The molecule has 0 amide bonds. The van der Waals surface area contributed by atoms with Gasteiger partial charge in [0, 0.05) is 0 Å². The molecule has 0 aliphatic heterocycles. The molecule has 21 heavy (non-hydrogen) atoms. The van der Waals surface area contributed by atoms with Crippen LogP contribution in [0.1, 0.15) is 5.56 Å². The third kappa shape index (κ3) is 6.07. The highest BCUT2D eigenvalue weighted by molar-refractivity contribution is 5.73. The molecule has 1 aromatic rings. The molecule has 0 aromatic heterocycles. The van der Waals surface area contributed by atoms with E-state index in [1.54, 1.807) is 30.4 Å². The minimum atomic E-state index is -1.02. The van der Waals surface area contributed by atoms with Crippen LogP contribution in [0.25, 0.3) is 0 Å². The van der Waals surface area contributed by atoms with E-state index >= 15 is 0 Å². The van der Waals surface area contributed by atoms with Gasteiger partial charge in [0.1, 0.15) is 11.8 Å². The van der Waals surface area contributed by atoms with E-state index in [1.165, 1.54) is 12.1 Å². The molecule has 5 heteroatoms. The van der Waals surface area contributed by atoms with Gasteiger partial charge in [-0.15, -0.1) is 0 Å². The number of allylic oxidation sites excluding steroid dienone is 2. The zero-order chi connectivity index (χ0) is 15.8. The zero-order valence-electron chi connectivity index (χ0n) is 11.5. The summed E-state index contributed by atoms with van der Waals surface area (Å²) in [7, 11) is 0. The minimum Gasteiger partial charge on any atom is -0.508 e. The Balaban J connectivity index is 0.000000235. The number of aliphatic hydroxyl groups is 1. The number of phenolic OH excluding ortho intramolecular Hbond substituents is 1. The smallest absolute Gasteiger partial charge is 0.320 e. The van der Waals surface area contributed by atoms with Crippen molar-refractivity contribution in [3.05, 3.63) is 66.3 Å². The predicted molar refractivity (Wildman–Crippen MR) is 80.8 cm³/mol. The Bertz CT molecular complexity index is 546. The number of carboxylic acids is 1. The van der Waals surface area contributed by atoms with Gasteiger partial charge < -0.3 is 21.1 Å². The summed E-state index contributed by atoms with van der Waals surface area (Å²) in [5.41, 5.74) is 6.88. The largest absolute Gasteiger partial charge is 0.508 e. The maximum absolute atomic E-state index is 10.4. The van der Waals surface area contributed by atoms with Crippen molar-refractivity contribution in [2.24, 2.45) is 5.73 Å². The highest BCUT2D eigenvalue weighted by atomic mass is 16.4. The summed E-state index contributed by atoms with van der Waals surface area (Å²) in [6, 6.07) is 5.42. The van der Waals surface area contributed by atoms with Gasteiger partial charge in [-0.1, -0.05) is 43.0 Å². The Morgan fingerprint density at radius 3 is 2.33 bits per heavy atom. The molecule has 0 radical (unpaired) electrons. The highest BCUT2D eigenvalue weighted by Crippen LogP contribution is 2.10. The van der Waals surface area contributed by atoms with E-state index in [2.05, 4.69) is 6.58 Å². The Labute approximate surface area is 123 Å². The summed E-state index contributed by atoms with van der Waals surface area (Å²) < 4.78 is 0. The van der Waals surface area contributed by atoms with Gasteiger partial charge in [-0.3, -0.25) is 4.79 Å². The van der Waals surface area contributed by atoms with Crippen molar-refractivity contribution in [1.82, 2.24) is 0 Å². The molecule has 1 aliphatic rings. The molecule has 0 saturated carbocycles. The molecule has 2 atom stereocenters. The van der Waals surface area contributed by atoms with Crippen LogP contribution in [0.3, 0.4) is 0 Å². The molecule has 1 unspecified atom stereocenters. The number of rotatable bonds is 3. The van der Waals surface area contributed by atoms with E-state index in [4.69, 9.17) is 21.1 Å². The summed E-state index contributed by atoms with van der Waals surface area (Å²) >= 11 is 0. The molecule has 1 aliphatic carbocycles. The quantitative estimate of drug-likeness (QED) is 0.673. The molecule has 0 heterocycles. The standard InChI is InChI=1S/C9H11NO3.C7H8O/c10-8(9(12)13)5-6-1-3-7(11)4-2-6;1-6-4-2-3-5-7(6)8/h1-4,8,11H,5,10H2,(H,12,13);2-5,7-8H,1H2/t8-;/m0./s1. The Hall–Kier alpha value is -2.37. The van der Waals surface area contributed by atoms with Crippen LogP contribution in [0, 0.1) is 0 Å². The van der Waals surface area contributed by atoms with Gasteiger partial charge in [0.2, 0.25) is 0 Å². The second-order valence-electron chi connectivity index (χ2n) is 4.58. The van der Waals surface area contributed by atoms with Crippen molar-refractivity contribution < 1.29 is 20.1 Å². The maximum Gasteiger partial charge on any atom is 0.320 e. The fourth-order valence-corrected chi connectivity index (χ4v) is 1.54. The number of carbonyl (C=O) groups is 1. The SMILES string of the molecule is C=C1C=CC=CC1O.N[C@@H](Cc1ccc(O)cc1)C(=O)O. The van der Waals surface area contributed by atoms with Crippen LogP contribution in [0.15, 0.2) is 60.7 Å². The first kappa shape index (κ1) is 16.7. The topological polar surface area (TPSA) is 104 Å². The van der Waals surface area contributed by atoms with Crippen LogP contribution in [0.5, 0.6) is 5.75 Å². The number of nitrogens with two attached hydrogens (primary N) is 1.